The maximum atomic E-state index is 14.6. The average molecular weight is 337 g/mol. The standard InChI is InChI=1S/C22H21F2N/c1-2-3-4-5-15-6-9-20(22(24)10-15)17-8-7-16-11-19(14-25)21(23)13-18(16)12-17/h6,9-13H,2-5,7-8H2,1H3. The summed E-state index contributed by atoms with van der Waals surface area (Å²) < 4.78 is 28.4. The highest BCUT2D eigenvalue weighted by Gasteiger charge is 2.17. The highest BCUT2D eigenvalue weighted by atomic mass is 19.1. The van der Waals surface area contributed by atoms with E-state index in [2.05, 4.69) is 6.92 Å². The Kier molecular flexibility index (Phi) is 5.28. The van der Waals surface area contributed by atoms with E-state index >= 15 is 0 Å². The summed E-state index contributed by atoms with van der Waals surface area (Å²) in [4.78, 5) is 0. The van der Waals surface area contributed by atoms with Crippen LogP contribution in [0.1, 0.15) is 60.4 Å². The van der Waals surface area contributed by atoms with Crippen LogP contribution < -0.4 is 0 Å². The van der Waals surface area contributed by atoms with Crippen LogP contribution in [0.2, 0.25) is 0 Å². The van der Waals surface area contributed by atoms with Gasteiger partial charge in [-0.3, -0.25) is 0 Å². The number of benzene rings is 2. The number of aryl methyl sites for hydroxylation is 2. The summed E-state index contributed by atoms with van der Waals surface area (Å²) in [6.45, 7) is 2.15. The fraction of sp³-hybridized carbons (Fsp3) is 0.318. The van der Waals surface area contributed by atoms with Crippen LogP contribution >= 0.6 is 0 Å². The molecule has 0 saturated heterocycles. The molecule has 0 atom stereocenters. The first-order valence-corrected chi connectivity index (χ1v) is 8.84. The van der Waals surface area contributed by atoms with E-state index in [4.69, 9.17) is 5.26 Å². The van der Waals surface area contributed by atoms with E-state index in [0.29, 0.717) is 18.4 Å². The van der Waals surface area contributed by atoms with E-state index in [1.54, 1.807) is 12.1 Å². The molecule has 1 nitrogen and oxygen atoms in total. The average Bonchev–Trinajstić information content (AvgIpc) is 2.61. The first-order chi connectivity index (χ1) is 12.1. The third-order valence-electron chi connectivity index (χ3n) is 4.79. The number of unbranched alkanes of at least 4 members (excludes halogenated alkanes) is 2. The van der Waals surface area contributed by atoms with Crippen molar-refractivity contribution >= 4 is 11.6 Å². The molecule has 128 valence electrons. The number of fused-ring (bicyclic) bond motifs is 1. The molecule has 0 saturated carbocycles. The van der Waals surface area contributed by atoms with Crippen molar-refractivity contribution in [2.75, 3.05) is 0 Å². The van der Waals surface area contributed by atoms with Crippen LogP contribution in [0.5, 0.6) is 0 Å². The van der Waals surface area contributed by atoms with Gasteiger partial charge in [0.05, 0.1) is 5.56 Å². The molecule has 2 aromatic carbocycles. The molecule has 0 aliphatic heterocycles. The molecule has 3 heteroatoms. The molecule has 2 aromatic rings. The SMILES string of the molecule is CCCCCc1ccc(C2=Cc3cc(F)c(C#N)cc3CC2)c(F)c1. The van der Waals surface area contributed by atoms with E-state index in [-0.39, 0.29) is 11.4 Å². The summed E-state index contributed by atoms with van der Waals surface area (Å²) in [6, 6.07) is 10.3. The predicted molar refractivity (Wildman–Crippen MR) is 96.9 cm³/mol. The van der Waals surface area contributed by atoms with E-state index < -0.39 is 5.82 Å². The summed E-state index contributed by atoms with van der Waals surface area (Å²) in [5.74, 6) is -0.733. The van der Waals surface area contributed by atoms with Gasteiger partial charge in [0.2, 0.25) is 0 Å². The quantitative estimate of drug-likeness (QED) is 0.609. The Labute approximate surface area is 147 Å². The van der Waals surface area contributed by atoms with Crippen LogP contribution in [0.25, 0.3) is 11.6 Å². The van der Waals surface area contributed by atoms with Gasteiger partial charge in [0.1, 0.15) is 17.7 Å². The molecule has 0 radical (unpaired) electrons. The Hall–Kier alpha value is -2.47. The summed E-state index contributed by atoms with van der Waals surface area (Å²) in [6.07, 6.45) is 7.50. The minimum absolute atomic E-state index is 0.0678. The summed E-state index contributed by atoms with van der Waals surface area (Å²) in [5, 5.41) is 8.93. The van der Waals surface area contributed by atoms with E-state index in [9.17, 15) is 8.78 Å². The Morgan fingerprint density at radius 3 is 2.60 bits per heavy atom. The Bertz CT molecular complexity index is 859. The van der Waals surface area contributed by atoms with Crippen molar-refractivity contribution in [3.05, 3.63) is 69.8 Å². The second-order valence-corrected chi connectivity index (χ2v) is 6.58. The van der Waals surface area contributed by atoms with Gasteiger partial charge in [-0.05, 0) is 66.1 Å². The monoisotopic (exact) mass is 337 g/mol. The largest absolute Gasteiger partial charge is 0.206 e. The van der Waals surface area contributed by atoms with Gasteiger partial charge in [-0.15, -0.1) is 0 Å². The Morgan fingerprint density at radius 2 is 1.88 bits per heavy atom. The number of nitrogens with zero attached hydrogens (tertiary/aromatic N) is 1. The number of halogens is 2. The molecular weight excluding hydrogens is 316 g/mol. The van der Waals surface area contributed by atoms with Crippen LogP contribution in [0.3, 0.4) is 0 Å². The van der Waals surface area contributed by atoms with Crippen LogP contribution in [-0.2, 0) is 12.8 Å². The molecule has 0 bridgehead atoms. The minimum atomic E-state index is -0.523. The van der Waals surface area contributed by atoms with Gasteiger partial charge in [0.25, 0.3) is 0 Å². The van der Waals surface area contributed by atoms with Crippen LogP contribution in [-0.4, -0.2) is 0 Å². The first kappa shape index (κ1) is 17.4. The molecule has 3 rings (SSSR count). The third kappa shape index (κ3) is 3.79. The lowest BCUT2D eigenvalue weighted by molar-refractivity contribution is 0.618. The molecule has 0 fully saturated rings. The molecule has 0 N–H and O–H groups in total. The van der Waals surface area contributed by atoms with Crippen molar-refractivity contribution < 1.29 is 8.78 Å². The van der Waals surface area contributed by atoms with Crippen molar-refractivity contribution in [2.45, 2.75) is 45.4 Å². The molecule has 0 heterocycles. The van der Waals surface area contributed by atoms with Gasteiger partial charge < -0.3 is 0 Å². The summed E-state index contributed by atoms with van der Waals surface area (Å²) in [7, 11) is 0. The molecule has 0 spiro atoms. The van der Waals surface area contributed by atoms with Gasteiger partial charge in [-0.1, -0.05) is 38.0 Å². The highest BCUT2D eigenvalue weighted by molar-refractivity contribution is 5.84. The van der Waals surface area contributed by atoms with Crippen molar-refractivity contribution in [3.63, 3.8) is 0 Å². The fourth-order valence-electron chi connectivity index (χ4n) is 3.37. The normalized spacial score (nSPS) is 13.1. The van der Waals surface area contributed by atoms with Gasteiger partial charge in [0.15, 0.2) is 0 Å². The minimum Gasteiger partial charge on any atom is -0.206 e. The fourth-order valence-corrected chi connectivity index (χ4v) is 3.37. The van der Waals surface area contributed by atoms with Gasteiger partial charge >= 0.3 is 0 Å². The third-order valence-corrected chi connectivity index (χ3v) is 4.79. The molecule has 0 aromatic heterocycles. The highest BCUT2D eigenvalue weighted by Crippen LogP contribution is 2.33. The summed E-state index contributed by atoms with van der Waals surface area (Å²) in [5.41, 5.74) is 4.25. The lowest BCUT2D eigenvalue weighted by Gasteiger charge is -2.18. The number of nitriles is 1. The number of rotatable bonds is 5. The molecule has 0 amide bonds. The maximum Gasteiger partial charge on any atom is 0.141 e. The molecule has 25 heavy (non-hydrogen) atoms. The molecule has 1 aliphatic carbocycles. The smallest absolute Gasteiger partial charge is 0.141 e. The van der Waals surface area contributed by atoms with Crippen LogP contribution in [0.4, 0.5) is 8.78 Å². The summed E-state index contributed by atoms with van der Waals surface area (Å²) >= 11 is 0. The van der Waals surface area contributed by atoms with E-state index in [1.807, 2.05) is 24.3 Å². The van der Waals surface area contributed by atoms with Crippen LogP contribution in [0.15, 0.2) is 30.3 Å². The van der Waals surface area contributed by atoms with Gasteiger partial charge in [-0.25, -0.2) is 8.78 Å². The number of hydrogen-bond acceptors (Lipinski definition) is 1. The predicted octanol–water partition coefficient (Wildman–Crippen LogP) is 6.06. The van der Waals surface area contributed by atoms with Crippen molar-refractivity contribution in [1.82, 2.24) is 0 Å². The van der Waals surface area contributed by atoms with Gasteiger partial charge in [-0.2, -0.15) is 5.26 Å². The van der Waals surface area contributed by atoms with E-state index in [0.717, 1.165) is 47.9 Å². The zero-order chi connectivity index (χ0) is 17.8. The van der Waals surface area contributed by atoms with Crippen molar-refractivity contribution in [3.8, 4) is 6.07 Å². The lowest BCUT2D eigenvalue weighted by atomic mass is 9.87. The lowest BCUT2D eigenvalue weighted by Crippen LogP contribution is -2.03. The topological polar surface area (TPSA) is 23.8 Å². The number of hydrogen-bond donors (Lipinski definition) is 0. The Morgan fingerprint density at radius 1 is 1.04 bits per heavy atom. The van der Waals surface area contributed by atoms with Crippen molar-refractivity contribution in [1.29, 1.82) is 5.26 Å². The second kappa shape index (κ2) is 7.61. The van der Waals surface area contributed by atoms with Gasteiger partial charge in [0, 0.05) is 5.56 Å². The zero-order valence-electron chi connectivity index (χ0n) is 14.4. The van der Waals surface area contributed by atoms with Crippen molar-refractivity contribution in [2.24, 2.45) is 0 Å². The number of allylic oxidation sites excluding steroid dienone is 1. The Balaban J connectivity index is 1.87. The molecule has 1 aliphatic rings. The molecule has 0 unspecified atom stereocenters. The molecular formula is C22H21F2N. The maximum absolute atomic E-state index is 14.6. The van der Waals surface area contributed by atoms with Crippen LogP contribution in [0, 0.1) is 23.0 Å². The zero-order valence-corrected chi connectivity index (χ0v) is 14.4. The second-order valence-electron chi connectivity index (χ2n) is 6.58. The van der Waals surface area contributed by atoms with E-state index in [1.165, 1.54) is 6.07 Å². The first-order valence-electron chi connectivity index (χ1n) is 8.84.